The molecular formula is C42H36N6O15. The Hall–Kier alpha value is -8.55. The van der Waals surface area contributed by atoms with E-state index in [-0.39, 0.29) is 17.2 Å². The lowest BCUT2D eigenvalue weighted by Gasteiger charge is -2.20. The van der Waals surface area contributed by atoms with Gasteiger partial charge in [-0.2, -0.15) is 15.8 Å². The summed E-state index contributed by atoms with van der Waals surface area (Å²) < 4.78 is 18.2. The SMILES string of the molecule is N#C/C(=C/c1ccc(OCC(O)Cn2c(=O)n(CC(O)COc3ccc(/C=C(/C#N)C(=O)O)cc3)c(=O)n(CC(O)COc3ccc(/C=C(\C#N)C(=O)O)cc3)c2=O)cc1)C(=O)O. The number of nitriles is 3. The summed E-state index contributed by atoms with van der Waals surface area (Å²) in [5.74, 6) is -3.73. The van der Waals surface area contributed by atoms with Gasteiger partial charge in [0.15, 0.2) is 0 Å². The molecule has 0 aliphatic rings. The van der Waals surface area contributed by atoms with Crippen LogP contribution in [0.5, 0.6) is 17.2 Å². The number of aliphatic hydroxyl groups is 3. The first-order valence-electron chi connectivity index (χ1n) is 18.3. The summed E-state index contributed by atoms with van der Waals surface area (Å²) in [6, 6.07) is 21.7. The number of rotatable bonds is 21. The van der Waals surface area contributed by atoms with Gasteiger partial charge in [-0.05, 0) is 71.3 Å². The Balaban J connectivity index is 1.54. The topological polar surface area (TPSA) is 338 Å². The van der Waals surface area contributed by atoms with Crippen LogP contribution in [0, 0.1) is 34.0 Å². The van der Waals surface area contributed by atoms with Gasteiger partial charge in [0, 0.05) is 0 Å². The highest BCUT2D eigenvalue weighted by Crippen LogP contribution is 2.18. The normalized spacial score (nSPS) is 13.0. The molecule has 1 aromatic heterocycles. The van der Waals surface area contributed by atoms with Gasteiger partial charge in [-0.3, -0.25) is 0 Å². The highest BCUT2D eigenvalue weighted by molar-refractivity contribution is 5.97. The van der Waals surface area contributed by atoms with Crippen molar-refractivity contribution in [1.29, 1.82) is 15.8 Å². The monoisotopic (exact) mass is 864 g/mol. The minimum absolute atomic E-state index is 0.178. The van der Waals surface area contributed by atoms with Crippen molar-refractivity contribution in [3.63, 3.8) is 0 Å². The third-order valence-corrected chi connectivity index (χ3v) is 8.52. The summed E-state index contributed by atoms with van der Waals surface area (Å²) in [6.07, 6.45) is -1.32. The van der Waals surface area contributed by atoms with Crippen LogP contribution in [0.3, 0.4) is 0 Å². The Bertz CT molecular complexity index is 2400. The number of ether oxygens (including phenoxy) is 3. The highest BCUT2D eigenvalue weighted by atomic mass is 16.5. The van der Waals surface area contributed by atoms with Crippen molar-refractivity contribution in [2.24, 2.45) is 0 Å². The maximum Gasteiger partial charge on any atom is 0.346 e. The van der Waals surface area contributed by atoms with E-state index in [1.54, 1.807) is 18.2 Å². The molecule has 324 valence electrons. The summed E-state index contributed by atoms with van der Waals surface area (Å²) in [7, 11) is 0. The van der Waals surface area contributed by atoms with E-state index in [2.05, 4.69) is 0 Å². The van der Waals surface area contributed by atoms with Crippen molar-refractivity contribution in [3.8, 4) is 35.5 Å². The summed E-state index contributed by atoms with van der Waals surface area (Å²) in [5, 5.41) is 86.7. The minimum atomic E-state index is -1.57. The first kappa shape index (κ1) is 47.1. The van der Waals surface area contributed by atoms with Crippen LogP contribution in [0.25, 0.3) is 18.2 Å². The fraction of sp³-hybridized carbons (Fsp3) is 0.214. The second kappa shape index (κ2) is 22.2. The van der Waals surface area contributed by atoms with Crippen molar-refractivity contribution >= 4 is 36.1 Å². The number of carboxylic acid groups (broad SMARTS) is 3. The van der Waals surface area contributed by atoms with Gasteiger partial charge in [0.05, 0.1) is 19.6 Å². The summed E-state index contributed by atoms with van der Waals surface area (Å²) in [6.45, 7) is -3.73. The van der Waals surface area contributed by atoms with E-state index in [4.69, 9.17) is 45.3 Å². The number of benzene rings is 3. The van der Waals surface area contributed by atoms with Gasteiger partial charge in [0.1, 0.15) is 90.3 Å². The number of aliphatic hydroxyl groups excluding tert-OH is 3. The van der Waals surface area contributed by atoms with Gasteiger partial charge in [-0.15, -0.1) is 0 Å². The number of nitrogens with zero attached hydrogens (tertiary/aromatic N) is 6. The average molecular weight is 865 g/mol. The third-order valence-electron chi connectivity index (χ3n) is 8.52. The van der Waals surface area contributed by atoms with Gasteiger partial charge in [-0.25, -0.2) is 42.5 Å². The smallest absolute Gasteiger partial charge is 0.346 e. The number of aliphatic carboxylic acids is 3. The van der Waals surface area contributed by atoms with Gasteiger partial charge in [0.25, 0.3) is 0 Å². The molecule has 0 amide bonds. The van der Waals surface area contributed by atoms with Gasteiger partial charge < -0.3 is 44.8 Å². The molecule has 0 aliphatic heterocycles. The summed E-state index contributed by atoms with van der Waals surface area (Å²) in [5.41, 5.74) is -4.20. The van der Waals surface area contributed by atoms with E-state index < -0.39 is 109 Å². The molecule has 1 heterocycles. The van der Waals surface area contributed by atoms with Crippen molar-refractivity contribution in [1.82, 2.24) is 13.7 Å². The zero-order chi connectivity index (χ0) is 46.2. The molecular weight excluding hydrogens is 828 g/mol. The quantitative estimate of drug-likeness (QED) is 0.0489. The third kappa shape index (κ3) is 13.5. The van der Waals surface area contributed by atoms with Crippen molar-refractivity contribution < 1.29 is 59.2 Å². The predicted molar refractivity (Wildman–Crippen MR) is 217 cm³/mol. The zero-order valence-electron chi connectivity index (χ0n) is 32.7. The van der Waals surface area contributed by atoms with E-state index in [1.165, 1.54) is 72.8 Å². The van der Waals surface area contributed by atoms with Crippen LogP contribution in [-0.4, -0.2) is 100 Å². The second-order valence-corrected chi connectivity index (χ2v) is 13.2. The highest BCUT2D eigenvalue weighted by Gasteiger charge is 2.22. The standard InChI is InChI=1S/C42H36N6O15/c43-16-28(37(52)53)13-25-1-7-34(8-2-25)61-22-31(49)19-46-40(58)47(20-32(50)23-62-35-9-3-26(4-10-35)14-29(17-44)38(54)55)42(60)48(41(46)59)21-33(51)24-63-36-11-5-27(6-12-36)15-30(18-45)39(56)57/h1-15,31-33,49-51H,19-24H2,(H,52,53)(H,54,55)(H,56,57)/b28-13-,29-14-,30-15+. The van der Waals surface area contributed by atoms with Crippen LogP contribution in [-0.2, 0) is 34.0 Å². The number of hydrogen-bond acceptors (Lipinski definition) is 15. The first-order chi connectivity index (χ1) is 30.0. The van der Waals surface area contributed by atoms with Gasteiger partial charge >= 0.3 is 35.0 Å². The first-order valence-corrected chi connectivity index (χ1v) is 18.3. The second-order valence-electron chi connectivity index (χ2n) is 13.2. The van der Waals surface area contributed by atoms with Crippen LogP contribution >= 0.6 is 0 Å². The molecule has 3 unspecified atom stereocenters. The van der Waals surface area contributed by atoms with Crippen molar-refractivity contribution in [3.05, 3.63) is 138 Å². The Morgan fingerprint density at radius 3 is 0.889 bits per heavy atom. The van der Waals surface area contributed by atoms with Crippen molar-refractivity contribution in [2.45, 2.75) is 37.9 Å². The number of carbonyl (C=O) groups is 3. The lowest BCUT2D eigenvalue weighted by molar-refractivity contribution is -0.133. The van der Waals surface area contributed by atoms with E-state index in [0.29, 0.717) is 30.4 Å². The molecule has 63 heavy (non-hydrogen) atoms. The summed E-state index contributed by atoms with van der Waals surface area (Å²) in [4.78, 5) is 74.4. The maximum absolute atomic E-state index is 13.7. The molecule has 4 aromatic rings. The molecule has 0 bridgehead atoms. The number of hydrogen-bond donors (Lipinski definition) is 6. The summed E-state index contributed by atoms with van der Waals surface area (Å²) >= 11 is 0. The zero-order valence-corrected chi connectivity index (χ0v) is 32.7. The van der Waals surface area contributed by atoms with Crippen LogP contribution in [0.2, 0.25) is 0 Å². The average Bonchev–Trinajstić information content (AvgIpc) is 3.26. The van der Waals surface area contributed by atoms with Crippen LogP contribution in [0.1, 0.15) is 16.7 Å². The maximum atomic E-state index is 13.7. The molecule has 3 aromatic carbocycles. The molecule has 0 radical (unpaired) electrons. The van der Waals surface area contributed by atoms with Gasteiger partial charge in [0.2, 0.25) is 0 Å². The molecule has 6 N–H and O–H groups in total. The largest absolute Gasteiger partial charge is 0.491 e. The van der Waals surface area contributed by atoms with E-state index in [1.807, 2.05) is 0 Å². The molecule has 0 spiro atoms. The lowest BCUT2D eigenvalue weighted by Crippen LogP contribution is -2.57. The Kier molecular flexibility index (Phi) is 16.6. The predicted octanol–water partition coefficient (Wildman–Crippen LogP) is 0.466. The Morgan fingerprint density at radius 2 is 0.698 bits per heavy atom. The van der Waals surface area contributed by atoms with E-state index in [9.17, 15) is 44.1 Å². The minimum Gasteiger partial charge on any atom is -0.491 e. The van der Waals surface area contributed by atoms with Crippen LogP contribution in [0.4, 0.5) is 0 Å². The molecule has 0 saturated heterocycles. The Labute approximate surface area is 355 Å². The van der Waals surface area contributed by atoms with Crippen LogP contribution < -0.4 is 31.3 Å². The number of carboxylic acids is 3. The number of aromatic nitrogens is 3. The molecule has 21 nitrogen and oxygen atoms in total. The molecule has 4 rings (SSSR count). The molecule has 0 saturated carbocycles. The molecule has 0 aliphatic carbocycles. The Morgan fingerprint density at radius 1 is 0.476 bits per heavy atom. The lowest BCUT2D eigenvalue weighted by atomic mass is 10.1. The fourth-order valence-corrected chi connectivity index (χ4v) is 5.43. The van der Waals surface area contributed by atoms with Crippen LogP contribution in [0.15, 0.2) is 104 Å². The van der Waals surface area contributed by atoms with E-state index >= 15 is 0 Å². The van der Waals surface area contributed by atoms with Gasteiger partial charge in [-0.1, -0.05) is 36.4 Å². The molecule has 3 atom stereocenters. The van der Waals surface area contributed by atoms with Crippen molar-refractivity contribution in [2.75, 3.05) is 19.8 Å². The molecule has 21 heteroatoms. The van der Waals surface area contributed by atoms with E-state index in [0.717, 1.165) is 18.2 Å². The fourth-order valence-electron chi connectivity index (χ4n) is 5.43. The molecule has 0 fully saturated rings.